The number of nitrogens with one attached hydrogen (secondary N) is 4. The van der Waals surface area contributed by atoms with Crippen molar-refractivity contribution in [3.05, 3.63) is 77.0 Å². The van der Waals surface area contributed by atoms with E-state index in [9.17, 15) is 14.4 Å². The van der Waals surface area contributed by atoms with Crippen molar-refractivity contribution < 1.29 is 14.4 Å². The Labute approximate surface area is 178 Å². The van der Waals surface area contributed by atoms with Crippen molar-refractivity contribution in [3.63, 3.8) is 0 Å². The van der Waals surface area contributed by atoms with Crippen LogP contribution in [0.5, 0.6) is 0 Å². The zero-order chi connectivity index (χ0) is 21.2. The number of amides is 4. The molecule has 0 spiro atoms. The molecule has 8 heteroatoms. The zero-order valence-electron chi connectivity index (χ0n) is 16.2. The second-order valence-corrected chi connectivity index (χ2v) is 7.36. The first-order chi connectivity index (χ1) is 14.6. The van der Waals surface area contributed by atoms with Gasteiger partial charge in [-0.3, -0.25) is 9.59 Å². The van der Waals surface area contributed by atoms with Crippen LogP contribution in [0.3, 0.4) is 0 Å². The number of para-hydroxylation sites is 1. The summed E-state index contributed by atoms with van der Waals surface area (Å²) in [5.74, 6) is -0.288. The number of hydrogen-bond donors (Lipinski definition) is 4. The lowest BCUT2D eigenvalue weighted by atomic mass is 10.2. The number of rotatable bonds is 8. The van der Waals surface area contributed by atoms with Crippen molar-refractivity contribution in [2.24, 2.45) is 0 Å². The van der Waals surface area contributed by atoms with Gasteiger partial charge in [-0.25, -0.2) is 4.79 Å². The van der Waals surface area contributed by atoms with Gasteiger partial charge >= 0.3 is 6.03 Å². The molecule has 0 fully saturated rings. The highest BCUT2D eigenvalue weighted by Crippen LogP contribution is 2.16. The summed E-state index contributed by atoms with van der Waals surface area (Å²) in [6.07, 6.45) is 0.803. The van der Waals surface area contributed by atoms with Gasteiger partial charge in [0.15, 0.2) is 0 Å². The Kier molecular flexibility index (Phi) is 7.57. The molecule has 0 aliphatic rings. The number of hydrogen-bond acceptors (Lipinski definition) is 4. The Bertz CT molecular complexity index is 991. The summed E-state index contributed by atoms with van der Waals surface area (Å²) in [5.41, 5.74) is 1.83. The fourth-order valence-electron chi connectivity index (χ4n) is 2.66. The molecule has 0 saturated heterocycles. The lowest BCUT2D eigenvalue weighted by molar-refractivity contribution is -0.116. The average Bonchev–Trinajstić information content (AvgIpc) is 3.27. The van der Waals surface area contributed by atoms with Crippen LogP contribution in [0.15, 0.2) is 72.1 Å². The molecule has 0 aliphatic carbocycles. The molecule has 4 amide bonds. The summed E-state index contributed by atoms with van der Waals surface area (Å²) in [6.45, 7) is 0.422. The van der Waals surface area contributed by atoms with Gasteiger partial charge < -0.3 is 21.3 Å². The predicted molar refractivity (Wildman–Crippen MR) is 120 cm³/mol. The summed E-state index contributed by atoms with van der Waals surface area (Å²) in [6, 6.07) is 19.2. The summed E-state index contributed by atoms with van der Waals surface area (Å²) in [5, 5.41) is 12.9. The fourth-order valence-corrected chi connectivity index (χ4v) is 3.30. The Morgan fingerprint density at radius 1 is 0.767 bits per heavy atom. The lowest BCUT2D eigenvalue weighted by Gasteiger charge is -2.10. The second kappa shape index (κ2) is 10.8. The van der Waals surface area contributed by atoms with Crippen LogP contribution in [-0.2, 0) is 4.79 Å². The molecule has 1 aromatic heterocycles. The van der Waals surface area contributed by atoms with Crippen LogP contribution in [0.2, 0.25) is 0 Å². The first-order valence-corrected chi connectivity index (χ1v) is 10.3. The lowest BCUT2D eigenvalue weighted by Crippen LogP contribution is -2.24. The second-order valence-electron chi connectivity index (χ2n) is 6.41. The third kappa shape index (κ3) is 6.75. The molecule has 3 aromatic rings. The minimum Gasteiger partial charge on any atom is -0.351 e. The van der Waals surface area contributed by atoms with E-state index in [1.807, 2.05) is 29.6 Å². The van der Waals surface area contributed by atoms with Gasteiger partial charge in [-0.05, 0) is 48.2 Å². The molecule has 2 aromatic carbocycles. The third-order valence-corrected chi connectivity index (χ3v) is 4.92. The van der Waals surface area contributed by atoms with E-state index in [1.54, 1.807) is 42.5 Å². The molecule has 0 atom stereocenters. The monoisotopic (exact) mass is 422 g/mol. The highest BCUT2D eigenvalue weighted by atomic mass is 32.1. The highest BCUT2D eigenvalue weighted by Gasteiger charge is 2.08. The predicted octanol–water partition coefficient (Wildman–Crippen LogP) is 4.54. The maximum atomic E-state index is 12.1. The molecule has 4 N–H and O–H groups in total. The van der Waals surface area contributed by atoms with Crippen molar-refractivity contribution >= 4 is 46.2 Å². The molecule has 0 aliphatic heterocycles. The molecular formula is C22H22N4O3S. The first-order valence-electron chi connectivity index (χ1n) is 9.45. The molecule has 7 nitrogen and oxygen atoms in total. The van der Waals surface area contributed by atoms with E-state index in [0.29, 0.717) is 34.9 Å². The van der Waals surface area contributed by atoms with Crippen LogP contribution < -0.4 is 21.3 Å². The number of benzene rings is 2. The number of carbonyl (C=O) groups is 3. The van der Waals surface area contributed by atoms with Crippen LogP contribution in [0.1, 0.15) is 22.5 Å². The van der Waals surface area contributed by atoms with Gasteiger partial charge in [0.25, 0.3) is 5.91 Å². The van der Waals surface area contributed by atoms with E-state index >= 15 is 0 Å². The van der Waals surface area contributed by atoms with Gasteiger partial charge in [-0.1, -0.05) is 30.3 Å². The Balaban J connectivity index is 1.41. The molecular weight excluding hydrogens is 400 g/mol. The van der Waals surface area contributed by atoms with Gasteiger partial charge in [-0.2, -0.15) is 0 Å². The number of anilines is 3. The molecule has 30 heavy (non-hydrogen) atoms. The highest BCUT2D eigenvalue weighted by molar-refractivity contribution is 7.12. The normalized spacial score (nSPS) is 10.1. The molecule has 0 saturated carbocycles. The van der Waals surface area contributed by atoms with E-state index in [0.717, 1.165) is 0 Å². The SMILES string of the molecule is O=C(CCCNC(=O)c1cccs1)Nc1cccc(NC(=O)Nc2ccccc2)c1. The summed E-state index contributed by atoms with van der Waals surface area (Å²) in [4.78, 5) is 36.7. The van der Waals surface area contributed by atoms with Gasteiger partial charge in [0.1, 0.15) is 0 Å². The van der Waals surface area contributed by atoms with Crippen LogP contribution in [0.4, 0.5) is 21.9 Å². The largest absolute Gasteiger partial charge is 0.351 e. The minimum atomic E-state index is -0.369. The topological polar surface area (TPSA) is 99.3 Å². The average molecular weight is 423 g/mol. The van der Waals surface area contributed by atoms with E-state index < -0.39 is 0 Å². The number of urea groups is 1. The maximum Gasteiger partial charge on any atom is 0.323 e. The van der Waals surface area contributed by atoms with Gasteiger partial charge in [0, 0.05) is 30.0 Å². The zero-order valence-corrected chi connectivity index (χ0v) is 17.0. The minimum absolute atomic E-state index is 0.127. The summed E-state index contributed by atoms with van der Waals surface area (Å²) in [7, 11) is 0. The van der Waals surface area contributed by atoms with Crippen molar-refractivity contribution in [2.45, 2.75) is 12.8 Å². The van der Waals surface area contributed by atoms with Crippen molar-refractivity contribution in [2.75, 3.05) is 22.5 Å². The van der Waals surface area contributed by atoms with Crippen molar-refractivity contribution in [1.82, 2.24) is 5.32 Å². The van der Waals surface area contributed by atoms with Crippen LogP contribution in [0, 0.1) is 0 Å². The van der Waals surface area contributed by atoms with Gasteiger partial charge in [0.2, 0.25) is 5.91 Å². The van der Waals surface area contributed by atoms with Crippen molar-refractivity contribution in [1.29, 1.82) is 0 Å². The number of carbonyl (C=O) groups excluding carboxylic acids is 3. The molecule has 0 bridgehead atoms. The molecule has 0 unspecified atom stereocenters. The van der Waals surface area contributed by atoms with Crippen LogP contribution >= 0.6 is 11.3 Å². The Morgan fingerprint density at radius 3 is 2.20 bits per heavy atom. The molecule has 154 valence electrons. The van der Waals surface area contributed by atoms with Crippen LogP contribution in [0.25, 0.3) is 0 Å². The molecule has 0 radical (unpaired) electrons. The molecule has 1 heterocycles. The molecule has 3 rings (SSSR count). The smallest absolute Gasteiger partial charge is 0.323 e. The van der Waals surface area contributed by atoms with E-state index in [-0.39, 0.29) is 24.3 Å². The van der Waals surface area contributed by atoms with E-state index in [4.69, 9.17) is 0 Å². The fraction of sp³-hybridized carbons (Fsp3) is 0.136. The Hall–Kier alpha value is -3.65. The summed E-state index contributed by atoms with van der Waals surface area (Å²) >= 11 is 1.38. The standard InChI is InChI=1S/C22H22N4O3S/c27-20(12-5-13-23-21(28)19-11-6-14-30-19)24-17-9-4-10-18(15-17)26-22(29)25-16-7-2-1-3-8-16/h1-4,6-11,14-15H,5,12-13H2,(H,23,28)(H,24,27)(H2,25,26,29). The first kappa shape index (κ1) is 21.1. The maximum absolute atomic E-state index is 12.1. The van der Waals surface area contributed by atoms with E-state index in [2.05, 4.69) is 21.3 Å². The third-order valence-electron chi connectivity index (χ3n) is 4.05. The summed E-state index contributed by atoms with van der Waals surface area (Å²) < 4.78 is 0. The Morgan fingerprint density at radius 2 is 1.47 bits per heavy atom. The van der Waals surface area contributed by atoms with Gasteiger partial charge in [0.05, 0.1) is 4.88 Å². The van der Waals surface area contributed by atoms with Gasteiger partial charge in [-0.15, -0.1) is 11.3 Å². The number of thiophene rings is 1. The quantitative estimate of drug-likeness (QED) is 0.401. The van der Waals surface area contributed by atoms with Crippen molar-refractivity contribution in [3.8, 4) is 0 Å². The van der Waals surface area contributed by atoms with E-state index in [1.165, 1.54) is 11.3 Å². The van der Waals surface area contributed by atoms with Crippen LogP contribution in [-0.4, -0.2) is 24.4 Å².